The number of carbonyl (C=O) groups is 1. The van der Waals surface area contributed by atoms with Crippen LogP contribution in [0.15, 0.2) is 46.6 Å². The summed E-state index contributed by atoms with van der Waals surface area (Å²) in [6.45, 7) is 1.83. The van der Waals surface area contributed by atoms with E-state index in [-0.39, 0.29) is 12.2 Å². The van der Waals surface area contributed by atoms with E-state index in [1.807, 2.05) is 18.4 Å². The van der Waals surface area contributed by atoms with Crippen LogP contribution in [0.4, 0.5) is 0 Å². The van der Waals surface area contributed by atoms with Crippen LogP contribution in [0.2, 0.25) is 0 Å². The first-order valence-corrected chi connectivity index (χ1v) is 7.22. The number of thiazole rings is 1. The van der Waals surface area contributed by atoms with Gasteiger partial charge in [-0.1, -0.05) is 18.2 Å². The molecule has 0 amide bonds. The Labute approximate surface area is 124 Å². The van der Waals surface area contributed by atoms with Gasteiger partial charge in [-0.15, -0.1) is 11.3 Å². The van der Waals surface area contributed by atoms with Crippen molar-refractivity contribution in [2.45, 2.75) is 13.5 Å². The van der Waals surface area contributed by atoms with E-state index in [9.17, 15) is 9.59 Å². The number of rotatable bonds is 3. The van der Waals surface area contributed by atoms with E-state index in [1.54, 1.807) is 24.3 Å². The summed E-state index contributed by atoms with van der Waals surface area (Å²) in [5.41, 5.74) is 1.61. The van der Waals surface area contributed by atoms with Gasteiger partial charge in [0, 0.05) is 17.1 Å². The Morgan fingerprint density at radius 2 is 2.10 bits per heavy atom. The Hall–Kier alpha value is -2.47. The highest BCUT2D eigenvalue weighted by Crippen LogP contribution is 2.12. The van der Waals surface area contributed by atoms with Crippen LogP contribution in [-0.2, 0) is 11.3 Å². The molecule has 0 radical (unpaired) electrons. The van der Waals surface area contributed by atoms with E-state index in [2.05, 4.69) is 4.98 Å². The average Bonchev–Trinajstić information content (AvgIpc) is 2.87. The summed E-state index contributed by atoms with van der Waals surface area (Å²) in [5.74, 6) is -0.431. The minimum Gasteiger partial charge on any atom is -0.456 e. The summed E-state index contributed by atoms with van der Waals surface area (Å²) in [6, 6.07) is 10.1. The molecule has 0 spiro atoms. The first kappa shape index (κ1) is 13.5. The van der Waals surface area contributed by atoms with Crippen molar-refractivity contribution in [3.05, 3.63) is 69.1 Å². The van der Waals surface area contributed by atoms with Crippen molar-refractivity contribution in [1.82, 2.24) is 9.38 Å². The van der Waals surface area contributed by atoms with Gasteiger partial charge in [0.05, 0.1) is 11.3 Å². The highest BCUT2D eigenvalue weighted by molar-refractivity contribution is 7.15. The summed E-state index contributed by atoms with van der Waals surface area (Å²) in [7, 11) is 0. The van der Waals surface area contributed by atoms with Crippen molar-refractivity contribution >= 4 is 22.3 Å². The molecule has 1 aromatic carbocycles. The fraction of sp³-hybridized carbons (Fsp3) is 0.133. The molecule has 0 fully saturated rings. The van der Waals surface area contributed by atoms with Crippen LogP contribution in [0.1, 0.15) is 21.7 Å². The fourth-order valence-electron chi connectivity index (χ4n) is 1.97. The zero-order valence-corrected chi connectivity index (χ0v) is 12.1. The molecule has 0 unspecified atom stereocenters. The third kappa shape index (κ3) is 2.71. The maximum atomic E-state index is 12.0. The quantitative estimate of drug-likeness (QED) is 0.697. The Kier molecular flexibility index (Phi) is 3.53. The lowest BCUT2D eigenvalue weighted by molar-refractivity contribution is 0.0468. The van der Waals surface area contributed by atoms with Gasteiger partial charge in [0.2, 0.25) is 0 Å². The highest BCUT2D eigenvalue weighted by Gasteiger charge is 2.10. The van der Waals surface area contributed by atoms with Crippen LogP contribution < -0.4 is 5.56 Å². The normalized spacial score (nSPS) is 10.7. The standard InChI is InChI=1S/C15H12N2O3S/c1-10-9-21-15-16-12(7-13(18)17(10)15)8-20-14(19)11-5-3-2-4-6-11/h2-7,9H,8H2,1H3. The van der Waals surface area contributed by atoms with Crippen LogP contribution in [0.5, 0.6) is 0 Å². The maximum Gasteiger partial charge on any atom is 0.338 e. The molecule has 0 bridgehead atoms. The smallest absolute Gasteiger partial charge is 0.338 e. The minimum absolute atomic E-state index is 0.0174. The second-order valence-corrected chi connectivity index (χ2v) is 5.36. The number of hydrogen-bond donors (Lipinski definition) is 0. The van der Waals surface area contributed by atoms with E-state index in [1.165, 1.54) is 21.8 Å². The number of aryl methyl sites for hydroxylation is 1. The molecule has 3 aromatic rings. The molecule has 0 aliphatic carbocycles. The number of fused-ring (bicyclic) bond motifs is 1. The molecular formula is C15H12N2O3S. The molecular weight excluding hydrogens is 288 g/mol. The molecule has 0 N–H and O–H groups in total. The van der Waals surface area contributed by atoms with Crippen molar-refractivity contribution in [3.8, 4) is 0 Å². The molecule has 0 aliphatic heterocycles. The fourth-order valence-corrected chi connectivity index (χ4v) is 2.86. The van der Waals surface area contributed by atoms with Gasteiger partial charge in [0.1, 0.15) is 6.61 Å². The number of carbonyl (C=O) groups excluding carboxylic acids is 1. The molecule has 6 heteroatoms. The lowest BCUT2D eigenvalue weighted by atomic mass is 10.2. The zero-order chi connectivity index (χ0) is 14.8. The number of ether oxygens (including phenoxy) is 1. The Bertz CT molecular complexity index is 852. The van der Waals surface area contributed by atoms with Gasteiger partial charge in [-0.05, 0) is 19.1 Å². The van der Waals surface area contributed by atoms with E-state index >= 15 is 0 Å². The number of hydrogen-bond acceptors (Lipinski definition) is 5. The van der Waals surface area contributed by atoms with E-state index < -0.39 is 5.97 Å². The van der Waals surface area contributed by atoms with Gasteiger partial charge in [0.15, 0.2) is 4.96 Å². The zero-order valence-electron chi connectivity index (χ0n) is 11.3. The number of aromatic nitrogens is 2. The number of nitrogens with zero attached hydrogens (tertiary/aromatic N) is 2. The lowest BCUT2D eigenvalue weighted by Crippen LogP contribution is -2.16. The Morgan fingerprint density at radius 1 is 1.33 bits per heavy atom. The van der Waals surface area contributed by atoms with Gasteiger partial charge in [-0.3, -0.25) is 9.20 Å². The largest absolute Gasteiger partial charge is 0.456 e. The van der Waals surface area contributed by atoms with Gasteiger partial charge < -0.3 is 4.74 Å². The molecule has 0 saturated heterocycles. The van der Waals surface area contributed by atoms with E-state index in [0.717, 1.165) is 5.69 Å². The molecule has 0 saturated carbocycles. The number of esters is 1. The van der Waals surface area contributed by atoms with Crippen LogP contribution in [-0.4, -0.2) is 15.4 Å². The first-order chi connectivity index (χ1) is 10.1. The predicted octanol–water partition coefficient (Wildman–Crippen LogP) is 2.42. The van der Waals surface area contributed by atoms with E-state index in [0.29, 0.717) is 16.2 Å². The predicted molar refractivity (Wildman–Crippen MR) is 79.6 cm³/mol. The lowest BCUT2D eigenvalue weighted by Gasteiger charge is -2.04. The highest BCUT2D eigenvalue weighted by atomic mass is 32.1. The van der Waals surface area contributed by atoms with Crippen LogP contribution in [0.3, 0.4) is 0 Å². The third-order valence-electron chi connectivity index (χ3n) is 2.99. The topological polar surface area (TPSA) is 60.7 Å². The molecule has 2 heterocycles. The SMILES string of the molecule is Cc1csc2nc(COC(=O)c3ccccc3)cc(=O)n12. The van der Waals surface area contributed by atoms with Crippen molar-refractivity contribution in [2.75, 3.05) is 0 Å². The van der Waals surface area contributed by atoms with Gasteiger partial charge in [-0.25, -0.2) is 9.78 Å². The van der Waals surface area contributed by atoms with Crippen molar-refractivity contribution in [2.24, 2.45) is 0 Å². The molecule has 0 atom stereocenters. The summed E-state index contributed by atoms with van der Waals surface area (Å²) in [6.07, 6.45) is 0. The van der Waals surface area contributed by atoms with Crippen LogP contribution in [0, 0.1) is 6.92 Å². The van der Waals surface area contributed by atoms with Gasteiger partial charge >= 0.3 is 5.97 Å². The summed E-state index contributed by atoms with van der Waals surface area (Å²) >= 11 is 1.38. The first-order valence-electron chi connectivity index (χ1n) is 6.34. The molecule has 21 heavy (non-hydrogen) atoms. The maximum absolute atomic E-state index is 12.0. The Morgan fingerprint density at radius 3 is 2.86 bits per heavy atom. The molecule has 106 valence electrons. The van der Waals surface area contributed by atoms with Crippen LogP contribution >= 0.6 is 11.3 Å². The van der Waals surface area contributed by atoms with Gasteiger partial charge in [-0.2, -0.15) is 0 Å². The van der Waals surface area contributed by atoms with Gasteiger partial charge in [0.25, 0.3) is 5.56 Å². The summed E-state index contributed by atoms with van der Waals surface area (Å²) in [4.78, 5) is 28.8. The van der Waals surface area contributed by atoms with E-state index in [4.69, 9.17) is 4.74 Å². The molecule has 5 nitrogen and oxygen atoms in total. The second kappa shape index (κ2) is 5.49. The van der Waals surface area contributed by atoms with Crippen molar-refractivity contribution < 1.29 is 9.53 Å². The van der Waals surface area contributed by atoms with Crippen molar-refractivity contribution in [1.29, 1.82) is 0 Å². The summed E-state index contributed by atoms with van der Waals surface area (Å²) < 4.78 is 6.71. The minimum atomic E-state index is -0.431. The molecule has 3 rings (SSSR count). The average molecular weight is 300 g/mol. The van der Waals surface area contributed by atoms with Crippen LogP contribution in [0.25, 0.3) is 4.96 Å². The van der Waals surface area contributed by atoms with Crippen molar-refractivity contribution in [3.63, 3.8) is 0 Å². The Balaban J connectivity index is 1.80. The number of benzene rings is 1. The monoisotopic (exact) mass is 300 g/mol. The molecule has 2 aromatic heterocycles. The summed E-state index contributed by atoms with van der Waals surface area (Å²) in [5, 5.41) is 1.86. The second-order valence-electron chi connectivity index (χ2n) is 4.52. The molecule has 0 aliphatic rings. The third-order valence-corrected chi connectivity index (χ3v) is 3.93.